The molecule has 4 heterocycles. The van der Waals surface area contributed by atoms with Gasteiger partial charge in [0.1, 0.15) is 5.82 Å². The first-order valence-corrected chi connectivity index (χ1v) is 13.3. The molecule has 8 heteroatoms. The van der Waals surface area contributed by atoms with Crippen LogP contribution in [0.1, 0.15) is 6.42 Å². The normalized spacial score (nSPS) is 23.6. The third-order valence-corrected chi connectivity index (χ3v) is 8.18. The van der Waals surface area contributed by atoms with Gasteiger partial charge in [-0.3, -0.25) is 9.69 Å². The Morgan fingerprint density at radius 2 is 1.74 bits per heavy atom. The molecule has 3 aliphatic rings. The van der Waals surface area contributed by atoms with Crippen LogP contribution in [-0.4, -0.2) is 88.7 Å². The molecular formula is C26H30N6OS. The summed E-state index contributed by atoms with van der Waals surface area (Å²) >= 11 is 1.85. The van der Waals surface area contributed by atoms with Crippen molar-refractivity contribution in [3.05, 3.63) is 54.6 Å². The molecule has 1 amide bonds. The van der Waals surface area contributed by atoms with E-state index in [9.17, 15) is 4.79 Å². The number of piperazine rings is 1. The number of carbonyl (C=O) groups is 1. The monoisotopic (exact) mass is 474 g/mol. The van der Waals surface area contributed by atoms with Crippen molar-refractivity contribution >= 4 is 34.4 Å². The van der Waals surface area contributed by atoms with Gasteiger partial charge in [-0.15, -0.1) is 11.8 Å². The molecule has 3 aromatic rings. The Kier molecular flexibility index (Phi) is 6.11. The van der Waals surface area contributed by atoms with Gasteiger partial charge in [0.2, 0.25) is 5.91 Å². The van der Waals surface area contributed by atoms with E-state index in [4.69, 9.17) is 9.97 Å². The summed E-state index contributed by atoms with van der Waals surface area (Å²) in [7, 11) is 0. The molecule has 1 N–H and O–H groups in total. The van der Waals surface area contributed by atoms with Crippen molar-refractivity contribution in [2.24, 2.45) is 0 Å². The second-order valence-electron chi connectivity index (χ2n) is 9.27. The number of benzene rings is 2. The molecule has 0 unspecified atom stereocenters. The largest absolute Gasteiger partial charge is 0.353 e. The SMILES string of the molecule is O=C([C@@H]1C[C@H](N2CCN(c3nc(-c4ccccc4)nc4ccccc34)CC2)CN1)N1CCSC1. The summed E-state index contributed by atoms with van der Waals surface area (Å²) in [4.78, 5) is 29.6. The minimum atomic E-state index is -0.0269. The molecule has 7 nitrogen and oxygen atoms in total. The lowest BCUT2D eigenvalue weighted by Gasteiger charge is -2.38. The van der Waals surface area contributed by atoms with Gasteiger partial charge in [0.05, 0.1) is 17.4 Å². The average molecular weight is 475 g/mol. The summed E-state index contributed by atoms with van der Waals surface area (Å²) in [6.07, 6.45) is 0.911. The highest BCUT2D eigenvalue weighted by molar-refractivity contribution is 7.99. The van der Waals surface area contributed by atoms with Crippen LogP contribution in [-0.2, 0) is 4.79 Å². The lowest BCUT2D eigenvalue weighted by molar-refractivity contribution is -0.131. The summed E-state index contributed by atoms with van der Waals surface area (Å²) in [5, 5.41) is 4.60. The van der Waals surface area contributed by atoms with Gasteiger partial charge in [-0.25, -0.2) is 9.97 Å². The third kappa shape index (κ3) is 4.26. The third-order valence-electron chi connectivity index (χ3n) is 7.22. The van der Waals surface area contributed by atoms with Crippen LogP contribution in [0.25, 0.3) is 22.3 Å². The van der Waals surface area contributed by atoms with Gasteiger partial charge >= 0.3 is 0 Å². The summed E-state index contributed by atoms with van der Waals surface area (Å²) in [5.74, 6) is 3.99. The Morgan fingerprint density at radius 1 is 0.941 bits per heavy atom. The van der Waals surface area contributed by atoms with Gasteiger partial charge in [-0.1, -0.05) is 42.5 Å². The van der Waals surface area contributed by atoms with Gasteiger partial charge in [-0.05, 0) is 18.6 Å². The van der Waals surface area contributed by atoms with E-state index in [1.54, 1.807) is 0 Å². The second-order valence-corrected chi connectivity index (χ2v) is 10.3. The Labute approximate surface area is 204 Å². The molecule has 3 fully saturated rings. The summed E-state index contributed by atoms with van der Waals surface area (Å²) in [6.45, 7) is 5.59. The van der Waals surface area contributed by atoms with Crippen molar-refractivity contribution in [1.82, 2.24) is 25.1 Å². The molecule has 0 aliphatic carbocycles. The zero-order valence-corrected chi connectivity index (χ0v) is 20.1. The number of aromatic nitrogens is 2. The van der Waals surface area contributed by atoms with Crippen LogP contribution in [0.2, 0.25) is 0 Å². The Morgan fingerprint density at radius 3 is 2.53 bits per heavy atom. The molecule has 34 heavy (non-hydrogen) atoms. The van der Waals surface area contributed by atoms with Gasteiger partial charge in [0.15, 0.2) is 5.82 Å². The molecule has 3 aliphatic heterocycles. The topological polar surface area (TPSA) is 64.6 Å². The molecule has 6 rings (SSSR count). The minimum Gasteiger partial charge on any atom is -0.353 e. The van der Waals surface area contributed by atoms with Crippen LogP contribution >= 0.6 is 11.8 Å². The number of nitrogens with zero attached hydrogens (tertiary/aromatic N) is 5. The van der Waals surface area contributed by atoms with Gasteiger partial charge < -0.3 is 15.1 Å². The highest BCUT2D eigenvalue weighted by Gasteiger charge is 2.37. The van der Waals surface area contributed by atoms with Gasteiger partial charge in [-0.2, -0.15) is 0 Å². The maximum Gasteiger partial charge on any atom is 0.240 e. The number of para-hydroxylation sites is 1. The fourth-order valence-electron chi connectivity index (χ4n) is 5.31. The van der Waals surface area contributed by atoms with Gasteiger partial charge in [0.25, 0.3) is 0 Å². The number of anilines is 1. The first-order chi connectivity index (χ1) is 16.8. The van der Waals surface area contributed by atoms with Crippen LogP contribution in [0, 0.1) is 0 Å². The molecule has 0 bridgehead atoms. The zero-order valence-electron chi connectivity index (χ0n) is 19.3. The van der Waals surface area contributed by atoms with Crippen molar-refractivity contribution in [3.63, 3.8) is 0 Å². The molecule has 0 saturated carbocycles. The molecule has 0 spiro atoms. The fourth-order valence-corrected chi connectivity index (χ4v) is 6.26. The van der Waals surface area contributed by atoms with Gasteiger partial charge in [0, 0.05) is 62.0 Å². The van der Waals surface area contributed by atoms with E-state index in [0.29, 0.717) is 6.04 Å². The Hall–Kier alpha value is -2.68. The number of hydrogen-bond donors (Lipinski definition) is 1. The van der Waals surface area contributed by atoms with E-state index < -0.39 is 0 Å². The van der Waals surface area contributed by atoms with E-state index >= 15 is 0 Å². The van der Waals surface area contributed by atoms with Crippen molar-refractivity contribution in [3.8, 4) is 11.4 Å². The molecule has 3 saturated heterocycles. The smallest absolute Gasteiger partial charge is 0.240 e. The summed E-state index contributed by atoms with van der Waals surface area (Å²) < 4.78 is 0. The minimum absolute atomic E-state index is 0.0269. The zero-order chi connectivity index (χ0) is 22.9. The highest BCUT2D eigenvalue weighted by Crippen LogP contribution is 2.29. The molecule has 1 aromatic heterocycles. The van der Waals surface area contributed by atoms with Crippen LogP contribution in [0.3, 0.4) is 0 Å². The number of fused-ring (bicyclic) bond motifs is 1. The standard InChI is InChI=1S/C26H30N6OS/c33-26(32-14-15-34-18-32)23-16-20(17-27-23)30-10-12-31(13-11-30)25-21-8-4-5-9-22(21)28-24(29-25)19-6-2-1-3-7-19/h1-9,20,23,27H,10-18H2/t20-,23-/m0/s1. The quantitative estimate of drug-likeness (QED) is 0.624. The van der Waals surface area contributed by atoms with E-state index in [1.165, 1.54) is 0 Å². The molecule has 2 aromatic carbocycles. The lowest BCUT2D eigenvalue weighted by Crippen LogP contribution is -2.51. The fraction of sp³-hybridized carbons (Fsp3) is 0.423. The number of thioether (sulfide) groups is 1. The molecule has 176 valence electrons. The maximum absolute atomic E-state index is 12.8. The van der Waals surface area contributed by atoms with Crippen LogP contribution in [0.5, 0.6) is 0 Å². The number of nitrogens with one attached hydrogen (secondary N) is 1. The first-order valence-electron chi connectivity index (χ1n) is 12.2. The van der Waals surface area contributed by atoms with Crippen molar-refractivity contribution in [2.75, 3.05) is 55.8 Å². The number of hydrogen-bond acceptors (Lipinski definition) is 7. The lowest BCUT2D eigenvalue weighted by atomic mass is 10.1. The number of carbonyl (C=O) groups excluding carboxylic acids is 1. The summed E-state index contributed by atoms with van der Waals surface area (Å²) in [5.41, 5.74) is 2.02. The van der Waals surface area contributed by atoms with E-state index in [2.05, 4.69) is 45.4 Å². The summed E-state index contributed by atoms with van der Waals surface area (Å²) in [6, 6.07) is 18.9. The van der Waals surface area contributed by atoms with Crippen LogP contribution in [0.15, 0.2) is 54.6 Å². The van der Waals surface area contributed by atoms with Crippen molar-refractivity contribution in [1.29, 1.82) is 0 Å². The van der Waals surface area contributed by atoms with E-state index in [-0.39, 0.29) is 11.9 Å². The van der Waals surface area contributed by atoms with Crippen molar-refractivity contribution in [2.45, 2.75) is 18.5 Å². The molecule has 2 atom stereocenters. The molecule has 0 radical (unpaired) electrons. The average Bonchev–Trinajstić information content (AvgIpc) is 3.61. The predicted octanol–water partition coefficient (Wildman–Crippen LogP) is 2.68. The number of amides is 1. The van der Waals surface area contributed by atoms with E-state index in [0.717, 1.165) is 85.4 Å². The van der Waals surface area contributed by atoms with Crippen LogP contribution in [0.4, 0.5) is 5.82 Å². The van der Waals surface area contributed by atoms with Crippen molar-refractivity contribution < 1.29 is 4.79 Å². The Balaban J connectivity index is 1.16. The number of rotatable bonds is 4. The first kappa shape index (κ1) is 21.8. The predicted molar refractivity (Wildman–Crippen MR) is 138 cm³/mol. The second kappa shape index (κ2) is 9.52. The van der Waals surface area contributed by atoms with E-state index in [1.807, 2.05) is 40.9 Å². The Bertz CT molecular complexity index is 1160. The maximum atomic E-state index is 12.8. The highest BCUT2D eigenvalue weighted by atomic mass is 32.2. The van der Waals surface area contributed by atoms with Crippen LogP contribution < -0.4 is 10.2 Å². The molecular weight excluding hydrogens is 444 g/mol.